The Kier molecular flexibility index (Phi) is 11.2. The minimum absolute atomic E-state index is 0. The van der Waals surface area contributed by atoms with Crippen LogP contribution in [0.25, 0.3) is 0 Å². The maximum Gasteiger partial charge on any atom is 0.416 e. The number of rotatable bonds is 7. The highest BCUT2D eigenvalue weighted by Gasteiger charge is 2.29. The Morgan fingerprint density at radius 2 is 1.71 bits per heavy atom. The minimum atomic E-state index is -4.28. The maximum absolute atomic E-state index is 12.6. The van der Waals surface area contributed by atoms with Gasteiger partial charge in [0.1, 0.15) is 0 Å². The van der Waals surface area contributed by atoms with Gasteiger partial charge in [-0.25, -0.2) is 0 Å². The number of hydrogen-bond donors (Lipinski definition) is 2. The van der Waals surface area contributed by atoms with E-state index in [0.29, 0.717) is 13.0 Å². The fourth-order valence-corrected chi connectivity index (χ4v) is 3.39. The van der Waals surface area contributed by atoms with E-state index >= 15 is 0 Å². The minimum Gasteiger partial charge on any atom is -0.356 e. The summed E-state index contributed by atoms with van der Waals surface area (Å²) in [5, 5.41) is 6.56. The molecule has 0 bridgehead atoms. The number of halogens is 4. The zero-order valence-corrected chi connectivity index (χ0v) is 19.0. The second-order valence-electron chi connectivity index (χ2n) is 7.04. The molecule has 4 nitrogen and oxygen atoms in total. The van der Waals surface area contributed by atoms with E-state index in [1.807, 2.05) is 0 Å². The molecule has 28 heavy (non-hydrogen) atoms. The van der Waals surface area contributed by atoms with Crippen molar-refractivity contribution < 1.29 is 13.2 Å². The van der Waals surface area contributed by atoms with Gasteiger partial charge in [0, 0.05) is 20.1 Å². The lowest BCUT2D eigenvalue weighted by Crippen LogP contribution is -2.40. The summed E-state index contributed by atoms with van der Waals surface area (Å²) in [7, 11) is 1.73. The molecule has 160 valence electrons. The first-order valence-corrected chi connectivity index (χ1v) is 9.75. The molecular weight excluding hydrogens is 480 g/mol. The molecule has 1 aliphatic heterocycles. The zero-order chi connectivity index (χ0) is 19.7. The van der Waals surface area contributed by atoms with Gasteiger partial charge in [-0.15, -0.1) is 24.0 Å². The highest BCUT2D eigenvalue weighted by Crippen LogP contribution is 2.29. The first kappa shape index (κ1) is 25.0. The van der Waals surface area contributed by atoms with Crippen molar-refractivity contribution in [1.82, 2.24) is 15.5 Å². The van der Waals surface area contributed by atoms with Gasteiger partial charge in [0.25, 0.3) is 0 Å². The van der Waals surface area contributed by atoms with Gasteiger partial charge >= 0.3 is 6.18 Å². The molecule has 0 atom stereocenters. The number of hydrogen-bond acceptors (Lipinski definition) is 2. The van der Waals surface area contributed by atoms with E-state index in [4.69, 9.17) is 0 Å². The lowest BCUT2D eigenvalue weighted by atomic mass is 9.93. The van der Waals surface area contributed by atoms with Crippen LogP contribution in [0.2, 0.25) is 0 Å². The maximum atomic E-state index is 12.6. The van der Waals surface area contributed by atoms with Crippen molar-refractivity contribution in [2.45, 2.75) is 38.8 Å². The van der Waals surface area contributed by atoms with Crippen molar-refractivity contribution in [2.24, 2.45) is 10.9 Å². The summed E-state index contributed by atoms with van der Waals surface area (Å²) in [5.41, 5.74) is 0.259. The number of benzene rings is 1. The van der Waals surface area contributed by atoms with Crippen LogP contribution in [-0.4, -0.2) is 50.6 Å². The van der Waals surface area contributed by atoms with Gasteiger partial charge in [0.15, 0.2) is 5.96 Å². The van der Waals surface area contributed by atoms with Crippen LogP contribution in [0.15, 0.2) is 29.3 Å². The highest BCUT2D eigenvalue weighted by molar-refractivity contribution is 14.0. The molecule has 1 aromatic carbocycles. The third-order valence-corrected chi connectivity index (χ3v) is 5.21. The van der Waals surface area contributed by atoms with E-state index < -0.39 is 11.7 Å². The molecule has 1 aliphatic rings. The first-order chi connectivity index (χ1) is 12.9. The van der Waals surface area contributed by atoms with Crippen molar-refractivity contribution in [2.75, 3.05) is 39.8 Å². The number of likely N-dealkylation sites (tertiary alicyclic amines) is 1. The first-order valence-electron chi connectivity index (χ1n) is 9.75. The molecule has 2 rings (SSSR count). The average molecular weight is 512 g/mol. The van der Waals surface area contributed by atoms with E-state index in [0.717, 1.165) is 49.1 Å². The Morgan fingerprint density at radius 1 is 1.11 bits per heavy atom. The number of aliphatic imine (C=N–C) groups is 1. The van der Waals surface area contributed by atoms with Crippen LogP contribution >= 0.6 is 24.0 Å². The number of alkyl halides is 3. The SMILES string of the molecule is CCN1CCC(CCNC(=NC)NCCc2ccc(C(F)(F)F)cc2)CC1.I. The summed E-state index contributed by atoms with van der Waals surface area (Å²) < 4.78 is 37.7. The molecule has 8 heteroatoms. The van der Waals surface area contributed by atoms with Crippen LogP contribution in [-0.2, 0) is 12.6 Å². The largest absolute Gasteiger partial charge is 0.416 e. The Morgan fingerprint density at radius 3 is 2.25 bits per heavy atom. The number of guanidine groups is 1. The molecule has 0 aromatic heterocycles. The Hall–Kier alpha value is -1.03. The molecule has 0 aliphatic carbocycles. The van der Waals surface area contributed by atoms with Crippen molar-refractivity contribution >= 4 is 29.9 Å². The molecule has 1 aromatic rings. The second-order valence-corrected chi connectivity index (χ2v) is 7.04. The van der Waals surface area contributed by atoms with E-state index in [9.17, 15) is 13.2 Å². The van der Waals surface area contributed by atoms with Gasteiger partial charge in [-0.1, -0.05) is 19.1 Å². The Bertz CT molecular complexity index is 582. The quantitative estimate of drug-likeness (QED) is 0.328. The molecule has 1 saturated heterocycles. The van der Waals surface area contributed by atoms with Gasteiger partial charge in [0.2, 0.25) is 0 Å². The number of nitrogens with zero attached hydrogens (tertiary/aromatic N) is 2. The summed E-state index contributed by atoms with van der Waals surface area (Å²) >= 11 is 0. The van der Waals surface area contributed by atoms with Gasteiger partial charge < -0.3 is 15.5 Å². The molecule has 1 heterocycles. The third kappa shape index (κ3) is 8.55. The molecule has 0 saturated carbocycles. The van der Waals surface area contributed by atoms with Crippen molar-refractivity contribution in [3.05, 3.63) is 35.4 Å². The van der Waals surface area contributed by atoms with Crippen LogP contribution in [0.4, 0.5) is 13.2 Å². The smallest absolute Gasteiger partial charge is 0.356 e. The van der Waals surface area contributed by atoms with Crippen LogP contribution < -0.4 is 10.6 Å². The summed E-state index contributed by atoms with van der Waals surface area (Å²) in [6.07, 6.45) is 0.0202. The van der Waals surface area contributed by atoms with E-state index in [1.165, 1.54) is 38.1 Å². The number of nitrogens with one attached hydrogen (secondary N) is 2. The third-order valence-electron chi connectivity index (χ3n) is 5.21. The molecule has 0 radical (unpaired) electrons. The standard InChI is InChI=1S/C20H31F3N4.HI/c1-3-27-14-10-17(11-15-27)9-13-26-19(24-2)25-12-8-16-4-6-18(7-5-16)20(21,22)23;/h4-7,17H,3,8-15H2,1-2H3,(H2,24,25,26);1H. The predicted molar refractivity (Wildman–Crippen MR) is 119 cm³/mol. The summed E-state index contributed by atoms with van der Waals surface area (Å²) in [4.78, 5) is 6.70. The van der Waals surface area contributed by atoms with Gasteiger partial charge in [-0.05, 0) is 68.9 Å². The van der Waals surface area contributed by atoms with Crippen molar-refractivity contribution in [1.29, 1.82) is 0 Å². The molecule has 0 unspecified atom stereocenters. The fraction of sp³-hybridized carbons (Fsp3) is 0.650. The van der Waals surface area contributed by atoms with Gasteiger partial charge in [0.05, 0.1) is 5.56 Å². The zero-order valence-electron chi connectivity index (χ0n) is 16.7. The van der Waals surface area contributed by atoms with Gasteiger partial charge in [-0.3, -0.25) is 4.99 Å². The number of piperidine rings is 1. The lowest BCUT2D eigenvalue weighted by molar-refractivity contribution is -0.137. The van der Waals surface area contributed by atoms with Crippen molar-refractivity contribution in [3.63, 3.8) is 0 Å². The topological polar surface area (TPSA) is 39.7 Å². The highest BCUT2D eigenvalue weighted by atomic mass is 127. The molecule has 2 N–H and O–H groups in total. The summed E-state index contributed by atoms with van der Waals surface area (Å²) in [6, 6.07) is 5.32. The average Bonchev–Trinajstić information content (AvgIpc) is 2.67. The summed E-state index contributed by atoms with van der Waals surface area (Å²) in [6.45, 7) is 7.25. The lowest BCUT2D eigenvalue weighted by Gasteiger charge is -2.31. The van der Waals surface area contributed by atoms with E-state index in [-0.39, 0.29) is 24.0 Å². The summed E-state index contributed by atoms with van der Waals surface area (Å²) in [5.74, 6) is 1.51. The monoisotopic (exact) mass is 512 g/mol. The van der Waals surface area contributed by atoms with Crippen LogP contribution in [0, 0.1) is 5.92 Å². The normalized spacial score (nSPS) is 16.5. The Labute approximate surface area is 183 Å². The van der Waals surface area contributed by atoms with Crippen molar-refractivity contribution in [3.8, 4) is 0 Å². The van der Waals surface area contributed by atoms with Crippen LogP contribution in [0.3, 0.4) is 0 Å². The molecule has 1 fully saturated rings. The molecule has 0 amide bonds. The fourth-order valence-electron chi connectivity index (χ4n) is 3.39. The Balaban J connectivity index is 0.00000392. The predicted octanol–water partition coefficient (Wildman–Crippen LogP) is 4.15. The van der Waals surface area contributed by atoms with Gasteiger partial charge in [-0.2, -0.15) is 13.2 Å². The van der Waals surface area contributed by atoms with E-state index in [1.54, 1.807) is 7.05 Å². The molecule has 0 spiro atoms. The van der Waals surface area contributed by atoms with E-state index in [2.05, 4.69) is 27.4 Å². The second kappa shape index (κ2) is 12.5. The van der Waals surface area contributed by atoms with Crippen LogP contribution in [0.1, 0.15) is 37.3 Å². The molecular formula is C20H32F3IN4. The van der Waals surface area contributed by atoms with Crippen LogP contribution in [0.5, 0.6) is 0 Å².